The monoisotopic (exact) mass is 611 g/mol. The minimum Gasteiger partial charge on any atom is -0.497 e. The lowest BCUT2D eigenvalue weighted by Crippen LogP contribution is -2.36. The molecule has 41 heavy (non-hydrogen) atoms. The molecule has 9 nitrogen and oxygen atoms in total. The van der Waals surface area contributed by atoms with Crippen LogP contribution in [0, 0.1) is 0 Å². The quantitative estimate of drug-likeness (QED) is 0.300. The minimum atomic E-state index is -3.63. The third-order valence-electron chi connectivity index (χ3n) is 6.73. The third kappa shape index (κ3) is 6.15. The zero-order valence-corrected chi connectivity index (χ0v) is 24.8. The van der Waals surface area contributed by atoms with Gasteiger partial charge in [0.05, 0.1) is 41.5 Å². The van der Waals surface area contributed by atoms with Crippen LogP contribution in [-0.4, -0.2) is 53.3 Å². The fourth-order valence-corrected chi connectivity index (χ4v) is 5.88. The highest BCUT2D eigenvalue weighted by atomic mass is 35.5. The summed E-state index contributed by atoms with van der Waals surface area (Å²) in [6.45, 7) is 1.85. The number of nitrogens with one attached hydrogen (secondary N) is 1. The van der Waals surface area contributed by atoms with E-state index in [0.29, 0.717) is 44.0 Å². The Morgan fingerprint density at radius 3 is 2.49 bits per heavy atom. The SMILES string of the molecule is COc1ccc(/C=C2\CN(S(C)(=O)=O)Cc3c(C(=O)NC(C)c4ccccn4)nn(-c4ccc(Cl)cc4Cl)c32)cc1. The van der Waals surface area contributed by atoms with E-state index in [2.05, 4.69) is 10.3 Å². The fraction of sp³-hybridized carbons (Fsp3) is 0.207. The molecule has 1 atom stereocenters. The lowest BCUT2D eigenvalue weighted by molar-refractivity contribution is 0.0932. The van der Waals surface area contributed by atoms with Gasteiger partial charge in [0.1, 0.15) is 5.75 Å². The molecule has 0 spiro atoms. The van der Waals surface area contributed by atoms with Gasteiger partial charge in [0.25, 0.3) is 5.91 Å². The summed E-state index contributed by atoms with van der Waals surface area (Å²) in [5.41, 5.74) is 3.75. The highest BCUT2D eigenvalue weighted by Crippen LogP contribution is 2.36. The second kappa shape index (κ2) is 11.7. The number of nitrogens with zero attached hydrogens (tertiary/aromatic N) is 4. The van der Waals surface area contributed by atoms with Gasteiger partial charge in [0.2, 0.25) is 10.0 Å². The molecule has 5 rings (SSSR count). The average Bonchev–Trinajstić information content (AvgIpc) is 3.33. The highest BCUT2D eigenvalue weighted by molar-refractivity contribution is 7.88. The van der Waals surface area contributed by atoms with Crippen LogP contribution in [0.4, 0.5) is 0 Å². The first-order valence-corrected chi connectivity index (χ1v) is 15.2. The molecule has 2 aromatic heterocycles. The van der Waals surface area contributed by atoms with E-state index >= 15 is 0 Å². The van der Waals surface area contributed by atoms with Crippen molar-refractivity contribution in [2.24, 2.45) is 0 Å². The summed E-state index contributed by atoms with van der Waals surface area (Å²) >= 11 is 12.8. The van der Waals surface area contributed by atoms with Gasteiger partial charge in [-0.25, -0.2) is 13.1 Å². The number of methoxy groups -OCH3 is 1. The summed E-state index contributed by atoms with van der Waals surface area (Å²) in [5.74, 6) is 0.218. The second-order valence-corrected chi connectivity index (χ2v) is 12.4. The molecule has 0 aliphatic carbocycles. The number of hydrogen-bond acceptors (Lipinski definition) is 6. The zero-order chi connectivity index (χ0) is 29.3. The van der Waals surface area contributed by atoms with Gasteiger partial charge in [-0.15, -0.1) is 0 Å². The molecule has 0 fully saturated rings. The standard InChI is InChI=1S/C29H27Cl2N5O4S/c1-18(25-6-4-5-13-32-25)33-29(37)27-23-17-35(41(3,38)39)16-20(14-19-7-10-22(40-2)11-8-19)28(23)36(34-27)26-12-9-21(30)15-24(26)31/h4-15,18H,16-17H2,1-3H3,(H,33,37)/b20-14+. The molecule has 4 aromatic rings. The van der Waals surface area contributed by atoms with Crippen LogP contribution < -0.4 is 10.1 Å². The Morgan fingerprint density at radius 1 is 1.10 bits per heavy atom. The molecule has 12 heteroatoms. The number of amides is 1. The number of carbonyl (C=O) groups is 1. The molecule has 0 radical (unpaired) electrons. The Morgan fingerprint density at radius 2 is 1.85 bits per heavy atom. The predicted octanol–water partition coefficient (Wildman–Crippen LogP) is 5.39. The number of halogens is 2. The first-order valence-electron chi connectivity index (χ1n) is 12.6. The van der Waals surface area contributed by atoms with Crippen LogP contribution in [0.1, 0.15) is 46.0 Å². The highest BCUT2D eigenvalue weighted by Gasteiger charge is 2.35. The minimum absolute atomic E-state index is 0.0416. The predicted molar refractivity (Wildman–Crippen MR) is 160 cm³/mol. The van der Waals surface area contributed by atoms with Crippen LogP contribution in [-0.2, 0) is 16.6 Å². The van der Waals surface area contributed by atoms with Crippen molar-refractivity contribution in [3.63, 3.8) is 0 Å². The van der Waals surface area contributed by atoms with E-state index in [9.17, 15) is 13.2 Å². The molecule has 3 heterocycles. The van der Waals surface area contributed by atoms with Crippen molar-refractivity contribution in [2.45, 2.75) is 19.5 Å². The van der Waals surface area contributed by atoms with Gasteiger partial charge < -0.3 is 10.1 Å². The summed E-state index contributed by atoms with van der Waals surface area (Å²) < 4.78 is 33.8. The first kappa shape index (κ1) is 28.8. The molecular weight excluding hydrogens is 585 g/mol. The molecule has 1 N–H and O–H groups in total. The van der Waals surface area contributed by atoms with Crippen molar-refractivity contribution < 1.29 is 17.9 Å². The van der Waals surface area contributed by atoms with Gasteiger partial charge >= 0.3 is 0 Å². The summed E-state index contributed by atoms with van der Waals surface area (Å²) in [6, 6.07) is 17.4. The Kier molecular flexibility index (Phi) is 8.19. The maximum atomic E-state index is 13.7. The normalized spacial score (nSPS) is 15.4. The maximum Gasteiger partial charge on any atom is 0.272 e. The van der Waals surface area contributed by atoms with E-state index in [-0.39, 0.29) is 18.8 Å². The van der Waals surface area contributed by atoms with Crippen LogP contribution >= 0.6 is 23.2 Å². The molecule has 2 aromatic carbocycles. The van der Waals surface area contributed by atoms with Gasteiger partial charge in [-0.1, -0.05) is 41.4 Å². The van der Waals surface area contributed by atoms with Gasteiger partial charge in [-0.2, -0.15) is 9.40 Å². The summed E-state index contributed by atoms with van der Waals surface area (Å²) in [4.78, 5) is 18.0. The van der Waals surface area contributed by atoms with Crippen LogP contribution in [0.3, 0.4) is 0 Å². The van der Waals surface area contributed by atoms with Crippen LogP contribution in [0.5, 0.6) is 5.75 Å². The maximum absolute atomic E-state index is 13.7. The van der Waals surface area contributed by atoms with Crippen LogP contribution in [0.2, 0.25) is 10.0 Å². The lowest BCUT2D eigenvalue weighted by atomic mass is 9.98. The third-order valence-corrected chi connectivity index (χ3v) is 8.46. The first-order chi connectivity index (χ1) is 19.5. The zero-order valence-electron chi connectivity index (χ0n) is 22.5. The van der Waals surface area contributed by atoms with E-state index < -0.39 is 22.0 Å². The Balaban J connectivity index is 1.69. The molecule has 0 bridgehead atoms. The van der Waals surface area contributed by atoms with Crippen LogP contribution in [0.15, 0.2) is 66.9 Å². The molecule has 1 aliphatic rings. The summed E-state index contributed by atoms with van der Waals surface area (Å²) in [6.07, 6.45) is 4.67. The number of hydrogen-bond donors (Lipinski definition) is 1. The number of fused-ring (bicyclic) bond motifs is 1. The van der Waals surface area contributed by atoms with E-state index in [0.717, 1.165) is 11.8 Å². The Hall–Kier alpha value is -3.70. The van der Waals surface area contributed by atoms with E-state index in [1.807, 2.05) is 49.4 Å². The number of rotatable bonds is 7. The topological polar surface area (TPSA) is 106 Å². The largest absolute Gasteiger partial charge is 0.497 e. The molecular formula is C29H27Cl2N5O4S. The summed E-state index contributed by atoms with van der Waals surface area (Å²) in [5, 5.41) is 8.43. The van der Waals surface area contributed by atoms with E-state index in [1.54, 1.807) is 42.3 Å². The van der Waals surface area contributed by atoms with Crippen molar-refractivity contribution in [2.75, 3.05) is 19.9 Å². The van der Waals surface area contributed by atoms with Crippen molar-refractivity contribution in [3.8, 4) is 11.4 Å². The molecule has 0 saturated heterocycles. The van der Waals surface area contributed by atoms with Crippen molar-refractivity contribution in [3.05, 3.63) is 105 Å². The number of aromatic nitrogens is 3. The Labute approximate surface area is 248 Å². The van der Waals surface area contributed by atoms with Crippen molar-refractivity contribution >= 4 is 50.8 Å². The number of benzene rings is 2. The molecule has 1 aliphatic heterocycles. The molecule has 212 valence electrons. The number of pyridine rings is 1. The fourth-order valence-electron chi connectivity index (χ4n) is 4.66. The molecule has 1 unspecified atom stereocenters. The Bertz CT molecular complexity index is 1740. The number of carbonyl (C=O) groups excluding carboxylic acids is 1. The van der Waals surface area contributed by atoms with Gasteiger partial charge in [0, 0.05) is 29.9 Å². The van der Waals surface area contributed by atoms with E-state index in [4.69, 9.17) is 33.0 Å². The number of ether oxygens (including phenoxy) is 1. The lowest BCUT2D eigenvalue weighted by Gasteiger charge is -2.28. The van der Waals surface area contributed by atoms with Crippen LogP contribution in [0.25, 0.3) is 17.3 Å². The van der Waals surface area contributed by atoms with E-state index in [1.165, 1.54) is 4.31 Å². The average molecular weight is 613 g/mol. The van der Waals surface area contributed by atoms with Gasteiger partial charge in [-0.05, 0) is 66.6 Å². The van der Waals surface area contributed by atoms with Gasteiger partial charge in [0.15, 0.2) is 5.69 Å². The smallest absolute Gasteiger partial charge is 0.272 e. The number of sulfonamides is 1. The van der Waals surface area contributed by atoms with Crippen molar-refractivity contribution in [1.82, 2.24) is 24.4 Å². The molecule has 0 saturated carbocycles. The van der Waals surface area contributed by atoms with Gasteiger partial charge in [-0.3, -0.25) is 9.78 Å². The van der Waals surface area contributed by atoms with Crippen molar-refractivity contribution in [1.29, 1.82) is 0 Å². The second-order valence-electron chi connectivity index (χ2n) is 9.61. The summed E-state index contributed by atoms with van der Waals surface area (Å²) in [7, 11) is -2.05. The molecule has 1 amide bonds.